The van der Waals surface area contributed by atoms with E-state index in [-0.39, 0.29) is 11.7 Å². The number of aliphatic carboxylic acids is 1. The van der Waals surface area contributed by atoms with Crippen molar-refractivity contribution in [2.45, 2.75) is 12.6 Å². The molecule has 0 aliphatic carbocycles. The Labute approximate surface area is 230 Å². The van der Waals surface area contributed by atoms with E-state index < -0.39 is 12.1 Å². The lowest BCUT2D eigenvalue weighted by Gasteiger charge is -2.28. The Morgan fingerprint density at radius 1 is 0.975 bits per heavy atom. The van der Waals surface area contributed by atoms with E-state index in [1.54, 1.807) is 17.0 Å². The van der Waals surface area contributed by atoms with Gasteiger partial charge in [-0.1, -0.05) is 30.3 Å². The highest BCUT2D eigenvalue weighted by Gasteiger charge is 2.38. The second-order valence-corrected chi connectivity index (χ2v) is 10.1. The highest BCUT2D eigenvalue weighted by atomic mass is 32.1. The number of phenols is 1. The maximum absolute atomic E-state index is 13.6. The molecule has 2 aliphatic rings. The second kappa shape index (κ2) is 11.1. The molecule has 1 amide bonds. The zero-order chi connectivity index (χ0) is 28.4. The number of hydrogen-bond donors (Lipinski definition) is 2. The second-order valence-electron chi connectivity index (χ2n) is 8.98. The predicted molar refractivity (Wildman–Crippen MR) is 143 cm³/mol. The zero-order valence-electron chi connectivity index (χ0n) is 20.9. The van der Waals surface area contributed by atoms with Crippen molar-refractivity contribution in [3.8, 4) is 17.0 Å². The van der Waals surface area contributed by atoms with Crippen LogP contribution in [0.1, 0.15) is 15.2 Å². The summed E-state index contributed by atoms with van der Waals surface area (Å²) in [6.45, 7) is 3.18. The largest absolute Gasteiger partial charge is 0.508 e. The molecule has 9 nitrogen and oxygen atoms in total. The number of anilines is 2. The number of alkyl halides is 3. The van der Waals surface area contributed by atoms with Gasteiger partial charge in [0.25, 0.3) is 5.91 Å². The Morgan fingerprint density at radius 2 is 1.70 bits per heavy atom. The first-order chi connectivity index (χ1) is 19.1. The maximum Gasteiger partial charge on any atom is 0.490 e. The van der Waals surface area contributed by atoms with Crippen molar-refractivity contribution < 1.29 is 37.7 Å². The molecular formula is C27H23F3N4O5S. The fraction of sp³-hybridized carbons (Fsp3) is 0.259. The number of aromatic hydroxyl groups is 1. The fourth-order valence-electron chi connectivity index (χ4n) is 4.46. The quantitative estimate of drug-likeness (QED) is 0.362. The summed E-state index contributed by atoms with van der Waals surface area (Å²) < 4.78 is 38.3. The molecule has 2 aromatic carbocycles. The Hall–Kier alpha value is -4.23. The molecular weight excluding hydrogens is 549 g/mol. The van der Waals surface area contributed by atoms with E-state index in [9.17, 15) is 23.1 Å². The number of thiophene rings is 1. The van der Waals surface area contributed by atoms with Crippen LogP contribution in [0, 0.1) is 0 Å². The topological polar surface area (TPSA) is 116 Å². The molecule has 0 radical (unpaired) electrons. The van der Waals surface area contributed by atoms with Crippen molar-refractivity contribution in [2.24, 2.45) is 0 Å². The first kappa shape index (κ1) is 27.3. The number of benzene rings is 2. The van der Waals surface area contributed by atoms with E-state index in [0.717, 1.165) is 26.9 Å². The molecule has 40 heavy (non-hydrogen) atoms. The summed E-state index contributed by atoms with van der Waals surface area (Å²) in [7, 11) is 0. The minimum absolute atomic E-state index is 0.0385. The highest BCUT2D eigenvalue weighted by Crippen LogP contribution is 2.38. The number of hydrogen-bond acceptors (Lipinski definition) is 8. The number of aromatic nitrogens is 2. The van der Waals surface area contributed by atoms with Gasteiger partial charge in [-0.2, -0.15) is 18.2 Å². The van der Waals surface area contributed by atoms with Crippen LogP contribution in [0.3, 0.4) is 0 Å². The molecule has 6 rings (SSSR count). The summed E-state index contributed by atoms with van der Waals surface area (Å²) in [5.74, 6) is -1.36. The summed E-state index contributed by atoms with van der Waals surface area (Å²) in [6.07, 6.45) is -4.42. The summed E-state index contributed by atoms with van der Waals surface area (Å²) >= 11 is 1.51. The number of carboxylic acids is 1. The molecule has 208 valence electrons. The summed E-state index contributed by atoms with van der Waals surface area (Å²) in [5, 5.41) is 18.3. The molecule has 13 heteroatoms. The zero-order valence-corrected chi connectivity index (χ0v) is 21.7. The van der Waals surface area contributed by atoms with E-state index in [1.165, 1.54) is 11.3 Å². The summed E-state index contributed by atoms with van der Waals surface area (Å²) in [4.78, 5) is 36.8. The monoisotopic (exact) mass is 572 g/mol. The first-order valence-electron chi connectivity index (χ1n) is 12.3. The number of halogens is 3. The Balaban J connectivity index is 0.000000411. The van der Waals surface area contributed by atoms with Crippen molar-refractivity contribution >= 4 is 45.1 Å². The number of morpholine rings is 1. The number of ether oxygens (including phenoxy) is 1. The van der Waals surface area contributed by atoms with Crippen LogP contribution < -0.4 is 9.80 Å². The van der Waals surface area contributed by atoms with E-state index in [0.29, 0.717) is 55.9 Å². The third-order valence-electron chi connectivity index (χ3n) is 6.35. The number of carbonyl (C=O) groups excluding carboxylic acids is 1. The van der Waals surface area contributed by atoms with E-state index in [1.807, 2.05) is 42.5 Å². The molecule has 0 spiro atoms. The number of carbonyl (C=O) groups is 2. The normalized spacial score (nSPS) is 15.0. The predicted octanol–water partition coefficient (Wildman–Crippen LogP) is 4.74. The average Bonchev–Trinajstić information content (AvgIpc) is 3.57. The van der Waals surface area contributed by atoms with Gasteiger partial charge in [0.1, 0.15) is 11.6 Å². The molecule has 0 saturated carbocycles. The summed E-state index contributed by atoms with van der Waals surface area (Å²) in [6, 6.07) is 17.1. The molecule has 1 saturated heterocycles. The van der Waals surface area contributed by atoms with Crippen molar-refractivity contribution in [1.82, 2.24) is 9.97 Å². The number of phenolic OH excluding ortho intramolecular Hbond substituents is 1. The van der Waals surface area contributed by atoms with Crippen LogP contribution in [0.4, 0.5) is 24.9 Å². The molecule has 0 bridgehead atoms. The summed E-state index contributed by atoms with van der Waals surface area (Å²) in [5.41, 5.74) is 2.52. The van der Waals surface area contributed by atoms with E-state index in [2.05, 4.69) is 4.90 Å². The first-order valence-corrected chi connectivity index (χ1v) is 13.1. The van der Waals surface area contributed by atoms with Crippen molar-refractivity contribution in [3.63, 3.8) is 0 Å². The molecule has 0 atom stereocenters. The van der Waals surface area contributed by atoms with Crippen LogP contribution in [-0.2, 0) is 16.0 Å². The van der Waals surface area contributed by atoms with Gasteiger partial charge in [0.15, 0.2) is 0 Å². The molecule has 1 fully saturated rings. The lowest BCUT2D eigenvalue weighted by Crippen LogP contribution is -2.38. The fourth-order valence-corrected chi connectivity index (χ4v) is 5.47. The Bertz CT molecular complexity index is 1540. The van der Waals surface area contributed by atoms with Crippen molar-refractivity contribution in [2.75, 3.05) is 42.6 Å². The number of nitrogens with zero attached hydrogens (tertiary/aromatic N) is 4. The lowest BCUT2D eigenvalue weighted by atomic mass is 10.1. The highest BCUT2D eigenvalue weighted by molar-refractivity contribution is 7.20. The van der Waals surface area contributed by atoms with Gasteiger partial charge in [0.05, 0.1) is 23.8 Å². The molecule has 2 N–H and O–H groups in total. The maximum atomic E-state index is 13.6. The standard InChI is InChI=1S/C25H22N4O3S.C2HF3O2/c30-18-6-3-5-17(14-18)22-19-8-9-29(23(19)27-25(26-22)28-10-12-32-13-11-28)24(31)21-15-16-4-1-2-7-20(16)33-21;3-2(4,5)1(6)7/h1-7,14-15,30H,8-13H2;(H,6,7). The number of rotatable bonds is 3. The average molecular weight is 573 g/mol. The third kappa shape index (κ3) is 5.70. The van der Waals surface area contributed by atoms with Gasteiger partial charge < -0.3 is 19.8 Å². The molecule has 4 aromatic rings. The van der Waals surface area contributed by atoms with Crippen LogP contribution >= 0.6 is 11.3 Å². The SMILES string of the molecule is O=C(O)C(F)(F)F.O=C(c1cc2ccccc2s1)N1CCc2c(-c3cccc(O)c3)nc(N3CCOCC3)nc21. The van der Waals surface area contributed by atoms with Gasteiger partial charge >= 0.3 is 12.1 Å². The molecule has 4 heterocycles. The Morgan fingerprint density at radius 3 is 2.38 bits per heavy atom. The number of fused-ring (bicyclic) bond motifs is 2. The van der Waals surface area contributed by atoms with Crippen LogP contribution in [0.25, 0.3) is 21.3 Å². The van der Waals surface area contributed by atoms with Gasteiger partial charge in [-0.3, -0.25) is 9.69 Å². The number of amides is 1. The van der Waals surface area contributed by atoms with Crippen LogP contribution in [0.15, 0.2) is 54.6 Å². The molecule has 2 aliphatic heterocycles. The van der Waals surface area contributed by atoms with Crippen molar-refractivity contribution in [1.29, 1.82) is 0 Å². The van der Waals surface area contributed by atoms with Gasteiger partial charge in [-0.15, -0.1) is 11.3 Å². The van der Waals surface area contributed by atoms with Crippen LogP contribution in [-0.4, -0.2) is 71.1 Å². The minimum Gasteiger partial charge on any atom is -0.508 e. The van der Waals surface area contributed by atoms with Gasteiger partial charge in [0.2, 0.25) is 5.95 Å². The molecule has 0 unspecified atom stereocenters. The van der Waals surface area contributed by atoms with Gasteiger partial charge in [-0.05, 0) is 36.1 Å². The van der Waals surface area contributed by atoms with Crippen LogP contribution in [0.2, 0.25) is 0 Å². The van der Waals surface area contributed by atoms with E-state index in [4.69, 9.17) is 24.6 Å². The number of carboxylic acid groups (broad SMARTS) is 1. The van der Waals surface area contributed by atoms with E-state index >= 15 is 0 Å². The third-order valence-corrected chi connectivity index (χ3v) is 7.46. The van der Waals surface area contributed by atoms with Gasteiger partial charge in [-0.25, -0.2) is 9.78 Å². The van der Waals surface area contributed by atoms with Crippen LogP contribution in [0.5, 0.6) is 5.75 Å². The Kier molecular flexibility index (Phi) is 7.59. The minimum atomic E-state index is -5.08. The van der Waals surface area contributed by atoms with Gasteiger partial charge in [0, 0.05) is 35.5 Å². The lowest BCUT2D eigenvalue weighted by molar-refractivity contribution is -0.192. The molecule has 2 aromatic heterocycles. The smallest absolute Gasteiger partial charge is 0.490 e. The van der Waals surface area contributed by atoms with Crippen molar-refractivity contribution in [3.05, 3.63) is 65.0 Å².